The van der Waals surface area contributed by atoms with Gasteiger partial charge in [0.1, 0.15) is 0 Å². The lowest BCUT2D eigenvalue weighted by Gasteiger charge is -2.17. The van der Waals surface area contributed by atoms with Gasteiger partial charge in [0.15, 0.2) is 0 Å². The Kier molecular flexibility index (Phi) is 5.10. The van der Waals surface area contributed by atoms with Gasteiger partial charge in [0.05, 0.1) is 11.0 Å². The summed E-state index contributed by atoms with van der Waals surface area (Å²) in [5.41, 5.74) is 7.22. The summed E-state index contributed by atoms with van der Waals surface area (Å²) in [4.78, 5) is 12.4. The van der Waals surface area contributed by atoms with Crippen LogP contribution in [0.4, 0.5) is 0 Å². The molecule has 1 aromatic carbocycles. The Balaban J connectivity index is 2.77. The molecular weight excluding hydrogens is 232 g/mol. The number of carbonyl (C=O) groups excluding carboxylic acids is 1. The molecule has 4 heteroatoms. The van der Waals surface area contributed by atoms with Crippen LogP contribution < -0.4 is 11.1 Å². The summed E-state index contributed by atoms with van der Waals surface area (Å²) in [6.45, 7) is 3.94. The molecule has 0 aliphatic carbocycles. The van der Waals surface area contributed by atoms with Gasteiger partial charge < -0.3 is 11.1 Å². The zero-order valence-corrected chi connectivity index (χ0v) is 11.0. The standard InChI is InChI=1S/C13H18N2OS/c1-3-6-11(12(14)17)15-13(16)10-8-5-4-7-9(10)2/h4-5,7-8,11H,3,6H2,1-2H3,(H2,14,17)(H,15,16). The molecule has 0 aliphatic rings. The molecule has 1 atom stereocenters. The van der Waals surface area contributed by atoms with Gasteiger partial charge in [-0.3, -0.25) is 4.79 Å². The Bertz CT molecular complexity index is 418. The van der Waals surface area contributed by atoms with Crippen molar-refractivity contribution in [2.45, 2.75) is 32.7 Å². The summed E-state index contributed by atoms with van der Waals surface area (Å²) in [6.07, 6.45) is 1.70. The molecule has 1 unspecified atom stereocenters. The van der Waals surface area contributed by atoms with Crippen molar-refractivity contribution >= 4 is 23.1 Å². The second-order valence-electron chi connectivity index (χ2n) is 4.03. The number of carbonyl (C=O) groups is 1. The second kappa shape index (κ2) is 6.35. The molecule has 3 N–H and O–H groups in total. The van der Waals surface area contributed by atoms with Crippen molar-refractivity contribution in [3.63, 3.8) is 0 Å². The molecule has 0 heterocycles. The van der Waals surface area contributed by atoms with Gasteiger partial charge in [-0.05, 0) is 25.0 Å². The molecule has 0 aromatic heterocycles. The van der Waals surface area contributed by atoms with Crippen molar-refractivity contribution in [3.05, 3.63) is 35.4 Å². The van der Waals surface area contributed by atoms with Crippen LogP contribution in [0.5, 0.6) is 0 Å². The van der Waals surface area contributed by atoms with Crippen molar-refractivity contribution in [2.75, 3.05) is 0 Å². The fraction of sp³-hybridized carbons (Fsp3) is 0.385. The van der Waals surface area contributed by atoms with Crippen LogP contribution in [0.25, 0.3) is 0 Å². The Hall–Kier alpha value is -1.42. The Morgan fingerprint density at radius 1 is 1.47 bits per heavy atom. The zero-order valence-electron chi connectivity index (χ0n) is 10.2. The number of nitrogens with one attached hydrogen (secondary N) is 1. The van der Waals surface area contributed by atoms with E-state index >= 15 is 0 Å². The normalized spacial score (nSPS) is 11.9. The Morgan fingerprint density at radius 3 is 2.65 bits per heavy atom. The molecule has 3 nitrogen and oxygen atoms in total. The van der Waals surface area contributed by atoms with Crippen molar-refractivity contribution in [2.24, 2.45) is 5.73 Å². The third kappa shape index (κ3) is 3.82. The number of nitrogens with two attached hydrogens (primary N) is 1. The monoisotopic (exact) mass is 250 g/mol. The SMILES string of the molecule is CCCC(NC(=O)c1ccccc1C)C(N)=S. The predicted octanol–water partition coefficient (Wildman–Crippen LogP) is 2.18. The van der Waals surface area contributed by atoms with Gasteiger partial charge in [-0.15, -0.1) is 0 Å². The minimum atomic E-state index is -0.220. The first-order chi connectivity index (χ1) is 8.06. The third-order valence-corrected chi connectivity index (χ3v) is 2.90. The van der Waals surface area contributed by atoms with E-state index in [4.69, 9.17) is 18.0 Å². The first kappa shape index (κ1) is 13.6. The van der Waals surface area contributed by atoms with E-state index in [1.54, 1.807) is 6.07 Å². The van der Waals surface area contributed by atoms with Crippen LogP contribution >= 0.6 is 12.2 Å². The van der Waals surface area contributed by atoms with Gasteiger partial charge in [-0.1, -0.05) is 43.8 Å². The van der Waals surface area contributed by atoms with Gasteiger partial charge in [0.2, 0.25) is 0 Å². The van der Waals surface area contributed by atoms with Crippen molar-refractivity contribution in [1.82, 2.24) is 5.32 Å². The molecule has 0 bridgehead atoms. The van der Waals surface area contributed by atoms with E-state index < -0.39 is 0 Å². The van der Waals surface area contributed by atoms with Crippen LogP contribution in [0.15, 0.2) is 24.3 Å². The molecule has 0 aliphatic heterocycles. The molecule has 0 spiro atoms. The quantitative estimate of drug-likeness (QED) is 0.788. The maximum atomic E-state index is 12.0. The van der Waals surface area contributed by atoms with Crippen LogP contribution in [0.1, 0.15) is 35.7 Å². The average molecular weight is 250 g/mol. The molecule has 92 valence electrons. The average Bonchev–Trinajstić information content (AvgIpc) is 2.28. The first-order valence-corrected chi connectivity index (χ1v) is 6.13. The number of hydrogen-bond acceptors (Lipinski definition) is 2. The second-order valence-corrected chi connectivity index (χ2v) is 4.50. The molecule has 1 rings (SSSR count). The fourth-order valence-corrected chi connectivity index (χ4v) is 1.81. The first-order valence-electron chi connectivity index (χ1n) is 5.72. The summed E-state index contributed by atoms with van der Waals surface area (Å²) >= 11 is 4.95. The molecule has 17 heavy (non-hydrogen) atoms. The fourth-order valence-electron chi connectivity index (χ4n) is 1.64. The zero-order chi connectivity index (χ0) is 12.8. The summed E-state index contributed by atoms with van der Waals surface area (Å²) < 4.78 is 0. The Morgan fingerprint density at radius 2 is 2.12 bits per heavy atom. The maximum Gasteiger partial charge on any atom is 0.252 e. The lowest BCUT2D eigenvalue weighted by Crippen LogP contribution is -2.43. The summed E-state index contributed by atoms with van der Waals surface area (Å²) in [6, 6.07) is 7.24. The summed E-state index contributed by atoms with van der Waals surface area (Å²) in [5.74, 6) is -0.116. The van der Waals surface area contributed by atoms with E-state index in [-0.39, 0.29) is 11.9 Å². The van der Waals surface area contributed by atoms with Crippen molar-refractivity contribution in [1.29, 1.82) is 0 Å². The number of rotatable bonds is 5. The van der Waals surface area contributed by atoms with E-state index in [2.05, 4.69) is 5.32 Å². The summed E-state index contributed by atoms with van der Waals surface area (Å²) in [7, 11) is 0. The molecule has 0 saturated carbocycles. The molecule has 0 radical (unpaired) electrons. The van der Waals surface area contributed by atoms with Crippen molar-refractivity contribution in [3.8, 4) is 0 Å². The molecule has 0 saturated heterocycles. The smallest absolute Gasteiger partial charge is 0.252 e. The van der Waals surface area contributed by atoms with Crippen LogP contribution in [-0.4, -0.2) is 16.9 Å². The highest BCUT2D eigenvalue weighted by Crippen LogP contribution is 2.08. The minimum absolute atomic E-state index is 0.116. The predicted molar refractivity (Wildman–Crippen MR) is 74.1 cm³/mol. The van der Waals surface area contributed by atoms with E-state index in [0.29, 0.717) is 10.6 Å². The van der Waals surface area contributed by atoms with Gasteiger partial charge in [-0.25, -0.2) is 0 Å². The van der Waals surface area contributed by atoms with Gasteiger partial charge >= 0.3 is 0 Å². The maximum absolute atomic E-state index is 12.0. The third-order valence-electron chi connectivity index (χ3n) is 2.62. The van der Waals surface area contributed by atoms with Crippen LogP contribution in [-0.2, 0) is 0 Å². The molecular formula is C13H18N2OS. The van der Waals surface area contributed by atoms with Gasteiger partial charge in [0.25, 0.3) is 5.91 Å². The van der Waals surface area contributed by atoms with Gasteiger partial charge in [-0.2, -0.15) is 0 Å². The van der Waals surface area contributed by atoms with E-state index in [1.807, 2.05) is 32.0 Å². The minimum Gasteiger partial charge on any atom is -0.392 e. The number of thiocarbonyl (C=S) groups is 1. The highest BCUT2D eigenvalue weighted by atomic mass is 32.1. The lowest BCUT2D eigenvalue weighted by molar-refractivity contribution is 0.0945. The number of amides is 1. The van der Waals surface area contributed by atoms with Crippen LogP contribution in [0.2, 0.25) is 0 Å². The van der Waals surface area contributed by atoms with E-state index in [9.17, 15) is 4.79 Å². The molecule has 1 amide bonds. The lowest BCUT2D eigenvalue weighted by atomic mass is 10.1. The molecule has 1 aromatic rings. The Labute approximate surface area is 107 Å². The summed E-state index contributed by atoms with van der Waals surface area (Å²) in [5, 5.41) is 2.87. The molecule has 0 fully saturated rings. The van der Waals surface area contributed by atoms with Crippen LogP contribution in [0, 0.1) is 6.92 Å². The topological polar surface area (TPSA) is 55.1 Å². The van der Waals surface area contributed by atoms with Crippen LogP contribution in [0.3, 0.4) is 0 Å². The van der Waals surface area contributed by atoms with E-state index in [1.165, 1.54) is 0 Å². The number of aryl methyl sites for hydroxylation is 1. The number of hydrogen-bond donors (Lipinski definition) is 2. The highest BCUT2D eigenvalue weighted by molar-refractivity contribution is 7.80. The van der Waals surface area contributed by atoms with Gasteiger partial charge in [0, 0.05) is 5.56 Å². The van der Waals surface area contributed by atoms with Crippen molar-refractivity contribution < 1.29 is 4.79 Å². The number of benzene rings is 1. The highest BCUT2D eigenvalue weighted by Gasteiger charge is 2.16. The largest absolute Gasteiger partial charge is 0.392 e. The van der Waals surface area contributed by atoms with E-state index in [0.717, 1.165) is 18.4 Å².